The van der Waals surface area contributed by atoms with Crippen LogP contribution in [0.1, 0.15) is 37.4 Å². The Labute approximate surface area is 184 Å². The number of anilines is 1. The Balaban J connectivity index is 1.49. The van der Waals surface area contributed by atoms with E-state index in [1.165, 1.54) is 4.90 Å². The summed E-state index contributed by atoms with van der Waals surface area (Å²) in [6.45, 7) is 0. The summed E-state index contributed by atoms with van der Waals surface area (Å²) >= 11 is 0. The number of ether oxygens (including phenoxy) is 1. The van der Waals surface area contributed by atoms with E-state index >= 15 is 0 Å². The predicted octanol–water partition coefficient (Wildman–Crippen LogP) is 5.90. The van der Waals surface area contributed by atoms with Crippen molar-refractivity contribution in [2.45, 2.75) is 0 Å². The Bertz CT molecular complexity index is 1530. The van der Waals surface area contributed by atoms with Crippen LogP contribution in [-0.4, -0.2) is 11.8 Å². The highest BCUT2D eigenvalue weighted by Gasteiger charge is 2.35. The van der Waals surface area contributed by atoms with Crippen LogP contribution in [0.25, 0.3) is 22.9 Å². The summed E-state index contributed by atoms with van der Waals surface area (Å²) < 4.78 is 6.12. The van der Waals surface area contributed by atoms with E-state index in [0.29, 0.717) is 44.6 Å². The molecule has 0 aromatic heterocycles. The third-order valence-electron chi connectivity index (χ3n) is 5.90. The maximum absolute atomic E-state index is 13.4. The molecular formula is C28H15NO3. The second kappa shape index (κ2) is 6.69. The molecule has 2 amide bonds. The van der Waals surface area contributed by atoms with E-state index in [2.05, 4.69) is 5.92 Å². The molecule has 0 saturated heterocycles. The predicted molar refractivity (Wildman–Crippen MR) is 125 cm³/mol. The van der Waals surface area contributed by atoms with Crippen molar-refractivity contribution >= 4 is 40.4 Å². The monoisotopic (exact) mass is 413 g/mol. The summed E-state index contributed by atoms with van der Waals surface area (Å²) in [5.74, 6) is 2.99. The number of fused-ring (bicyclic) bond motifs is 1. The molecule has 0 radical (unpaired) electrons. The van der Waals surface area contributed by atoms with E-state index in [4.69, 9.17) is 11.2 Å². The first-order chi connectivity index (χ1) is 15.7. The molecule has 4 aromatic rings. The Morgan fingerprint density at radius 3 is 2.28 bits per heavy atom. The Morgan fingerprint density at radius 1 is 0.750 bits per heavy atom. The minimum atomic E-state index is -0.350. The quantitative estimate of drug-likeness (QED) is 0.273. The van der Waals surface area contributed by atoms with Gasteiger partial charge in [-0.2, -0.15) is 0 Å². The first kappa shape index (κ1) is 18.2. The zero-order valence-electron chi connectivity index (χ0n) is 16.8. The van der Waals surface area contributed by atoms with Crippen molar-refractivity contribution in [2.24, 2.45) is 0 Å². The summed E-state index contributed by atoms with van der Waals surface area (Å²) in [7, 11) is 0. The lowest BCUT2D eigenvalue weighted by Crippen LogP contribution is -2.40. The van der Waals surface area contributed by atoms with E-state index in [-0.39, 0.29) is 11.8 Å². The van der Waals surface area contributed by atoms with Gasteiger partial charge in [0.15, 0.2) is 0 Å². The summed E-state index contributed by atoms with van der Waals surface area (Å²) in [6, 6.07) is 21.7. The number of imide groups is 1. The van der Waals surface area contributed by atoms with Crippen LogP contribution in [0.4, 0.5) is 5.69 Å². The van der Waals surface area contributed by atoms with Gasteiger partial charge in [-0.3, -0.25) is 9.59 Å². The van der Waals surface area contributed by atoms with Crippen molar-refractivity contribution in [1.29, 1.82) is 0 Å². The molecule has 0 spiro atoms. The van der Waals surface area contributed by atoms with Gasteiger partial charge in [0.05, 0.1) is 11.3 Å². The minimum Gasteiger partial charge on any atom is -0.455 e. The first-order valence-corrected chi connectivity index (χ1v) is 10.2. The molecule has 1 aliphatic carbocycles. The van der Waals surface area contributed by atoms with Crippen molar-refractivity contribution in [3.8, 4) is 23.8 Å². The largest absolute Gasteiger partial charge is 0.455 e. The normalized spacial score (nSPS) is 13.5. The van der Waals surface area contributed by atoms with E-state index in [0.717, 1.165) is 11.1 Å². The Morgan fingerprint density at radius 2 is 1.53 bits per heavy atom. The molecule has 1 aliphatic heterocycles. The number of amides is 2. The molecule has 0 bridgehead atoms. The Kier molecular flexibility index (Phi) is 3.80. The molecule has 0 unspecified atom stereocenters. The van der Waals surface area contributed by atoms with Crippen LogP contribution in [0.15, 0.2) is 72.8 Å². The van der Waals surface area contributed by atoms with Crippen molar-refractivity contribution in [3.63, 3.8) is 0 Å². The van der Waals surface area contributed by atoms with Gasteiger partial charge < -0.3 is 4.74 Å². The highest BCUT2D eigenvalue weighted by atomic mass is 16.5. The second-order valence-electron chi connectivity index (χ2n) is 7.67. The number of terminal acetylenes is 1. The summed E-state index contributed by atoms with van der Waals surface area (Å²) in [4.78, 5) is 28.1. The molecule has 2 aliphatic rings. The maximum Gasteiger partial charge on any atom is 0.265 e. The van der Waals surface area contributed by atoms with Gasteiger partial charge in [0, 0.05) is 21.9 Å². The van der Waals surface area contributed by atoms with Crippen molar-refractivity contribution in [3.05, 3.63) is 101 Å². The lowest BCUT2D eigenvalue weighted by molar-refractivity contribution is 0.0893. The SMILES string of the molecule is C#Cc1ccccc1Oc1ccc2c3c(cccc13)C(=O)N(c1ccc3c(c1)C=C3)C2=O. The number of benzene rings is 4. The molecule has 4 aromatic carbocycles. The Hall–Kier alpha value is -4.62. The molecule has 0 fully saturated rings. The van der Waals surface area contributed by atoms with Gasteiger partial charge >= 0.3 is 0 Å². The van der Waals surface area contributed by atoms with Crippen molar-refractivity contribution < 1.29 is 14.3 Å². The number of nitrogens with zero attached hydrogens (tertiary/aromatic N) is 1. The van der Waals surface area contributed by atoms with Gasteiger partial charge in [0.1, 0.15) is 11.5 Å². The lowest BCUT2D eigenvalue weighted by atomic mass is 9.92. The van der Waals surface area contributed by atoms with Crippen LogP contribution in [0.3, 0.4) is 0 Å². The molecule has 32 heavy (non-hydrogen) atoms. The molecule has 4 nitrogen and oxygen atoms in total. The van der Waals surface area contributed by atoms with Crippen LogP contribution in [0.5, 0.6) is 11.5 Å². The van der Waals surface area contributed by atoms with Gasteiger partial charge in [0.2, 0.25) is 0 Å². The summed E-state index contributed by atoms with van der Waals surface area (Å²) in [5, 5.41) is 1.28. The van der Waals surface area contributed by atoms with E-state index in [9.17, 15) is 9.59 Å². The average molecular weight is 413 g/mol. The van der Waals surface area contributed by atoms with Crippen molar-refractivity contribution in [1.82, 2.24) is 0 Å². The maximum atomic E-state index is 13.4. The average Bonchev–Trinajstić information content (AvgIpc) is 2.80. The molecule has 1 heterocycles. The minimum absolute atomic E-state index is 0.350. The van der Waals surface area contributed by atoms with Crippen LogP contribution < -0.4 is 9.64 Å². The zero-order valence-corrected chi connectivity index (χ0v) is 16.8. The fourth-order valence-electron chi connectivity index (χ4n) is 4.27. The van der Waals surface area contributed by atoms with Crippen LogP contribution in [-0.2, 0) is 0 Å². The third-order valence-corrected chi connectivity index (χ3v) is 5.90. The van der Waals surface area contributed by atoms with E-state index < -0.39 is 0 Å². The van der Waals surface area contributed by atoms with Gasteiger partial charge in [0.25, 0.3) is 11.8 Å². The number of carbonyl (C=O) groups is 2. The summed E-state index contributed by atoms with van der Waals surface area (Å²) in [6.07, 6.45) is 9.56. The first-order valence-electron chi connectivity index (χ1n) is 10.2. The highest BCUT2D eigenvalue weighted by molar-refractivity contribution is 6.36. The summed E-state index contributed by atoms with van der Waals surface area (Å²) in [5.41, 5.74) is 4.23. The smallest absolute Gasteiger partial charge is 0.265 e. The molecular weight excluding hydrogens is 398 g/mol. The molecule has 0 N–H and O–H groups in total. The third kappa shape index (κ3) is 2.52. The zero-order chi connectivity index (χ0) is 21.8. The number of carbonyl (C=O) groups excluding carboxylic acids is 2. The van der Waals surface area contributed by atoms with E-state index in [1.807, 2.05) is 42.5 Å². The number of hydrogen-bond donors (Lipinski definition) is 0. The van der Waals surface area contributed by atoms with Crippen LogP contribution in [0.2, 0.25) is 0 Å². The second-order valence-corrected chi connectivity index (χ2v) is 7.67. The number of rotatable bonds is 3. The van der Waals surface area contributed by atoms with Gasteiger partial charge in [-0.25, -0.2) is 4.90 Å². The molecule has 150 valence electrons. The highest BCUT2D eigenvalue weighted by Crippen LogP contribution is 2.39. The van der Waals surface area contributed by atoms with Crippen LogP contribution >= 0.6 is 0 Å². The molecule has 4 heteroatoms. The fraction of sp³-hybridized carbons (Fsp3) is 0. The molecule has 0 atom stereocenters. The van der Waals surface area contributed by atoms with Gasteiger partial charge in [-0.1, -0.05) is 48.4 Å². The van der Waals surface area contributed by atoms with Gasteiger partial charge in [-0.05, 0) is 53.6 Å². The van der Waals surface area contributed by atoms with Crippen molar-refractivity contribution in [2.75, 3.05) is 4.90 Å². The standard InChI is InChI=1S/C28H15NO3/c1-2-17-6-3-4-9-24(17)32-25-15-14-23-26-21(25)7-5-8-22(26)27(30)29(28(23)31)20-13-12-18-10-11-19(18)16-20/h1,3-16H. The molecule has 0 saturated carbocycles. The van der Waals surface area contributed by atoms with Gasteiger partial charge in [-0.15, -0.1) is 6.42 Å². The van der Waals surface area contributed by atoms with Crippen LogP contribution in [0, 0.1) is 12.3 Å². The lowest BCUT2D eigenvalue weighted by Gasteiger charge is -2.28. The molecule has 6 rings (SSSR count). The fourth-order valence-corrected chi connectivity index (χ4v) is 4.27. The topological polar surface area (TPSA) is 46.6 Å². The number of hydrogen-bond acceptors (Lipinski definition) is 3. The van der Waals surface area contributed by atoms with E-state index in [1.54, 1.807) is 42.5 Å². The number of para-hydroxylation sites is 1.